The maximum absolute atomic E-state index is 5.99. The Morgan fingerprint density at radius 2 is 1.83 bits per heavy atom. The minimum Gasteiger partial charge on any atom is -0.497 e. The number of rotatable bonds is 3. The van der Waals surface area contributed by atoms with Gasteiger partial charge in [0.1, 0.15) is 11.5 Å². The highest BCUT2D eigenvalue weighted by Crippen LogP contribution is 2.46. The third-order valence-electron chi connectivity index (χ3n) is 5.33. The molecule has 0 aromatic heterocycles. The van der Waals surface area contributed by atoms with Crippen LogP contribution in [0.2, 0.25) is 0 Å². The van der Waals surface area contributed by atoms with Crippen LogP contribution in [0.4, 0.5) is 0 Å². The van der Waals surface area contributed by atoms with Gasteiger partial charge in [-0.25, -0.2) is 0 Å². The maximum Gasteiger partial charge on any atom is 0.126 e. The first-order chi connectivity index (χ1) is 11.3. The smallest absolute Gasteiger partial charge is 0.126 e. The van der Waals surface area contributed by atoms with Crippen molar-refractivity contribution in [1.29, 1.82) is 0 Å². The molecule has 2 aliphatic rings. The van der Waals surface area contributed by atoms with Crippen LogP contribution in [0.15, 0.2) is 48.5 Å². The highest BCUT2D eigenvalue weighted by Gasteiger charge is 2.43. The van der Waals surface area contributed by atoms with E-state index in [0.717, 1.165) is 37.7 Å². The van der Waals surface area contributed by atoms with Gasteiger partial charge in [-0.15, -0.1) is 12.4 Å². The van der Waals surface area contributed by atoms with Crippen molar-refractivity contribution in [2.24, 2.45) is 0 Å². The van der Waals surface area contributed by atoms with Crippen molar-refractivity contribution in [3.8, 4) is 11.5 Å². The summed E-state index contributed by atoms with van der Waals surface area (Å²) in [5, 5.41) is 0. The molecule has 0 aliphatic carbocycles. The molecule has 0 unspecified atom stereocenters. The Labute approximate surface area is 150 Å². The summed E-state index contributed by atoms with van der Waals surface area (Å²) in [6.07, 6.45) is 2.33. The number of nitrogens with zero attached hydrogens (tertiary/aromatic N) is 1. The highest BCUT2D eigenvalue weighted by atomic mass is 35.5. The lowest BCUT2D eigenvalue weighted by molar-refractivity contribution is 0.130. The van der Waals surface area contributed by atoms with E-state index in [-0.39, 0.29) is 17.8 Å². The minimum atomic E-state index is 0. The fraction of sp³-hybridized carbons (Fsp3) is 0.400. The zero-order valence-corrected chi connectivity index (χ0v) is 14.8. The molecule has 2 aromatic rings. The number of fused-ring (bicyclic) bond motifs is 2. The quantitative estimate of drug-likeness (QED) is 0.838. The van der Waals surface area contributed by atoms with Crippen LogP contribution < -0.4 is 9.47 Å². The summed E-state index contributed by atoms with van der Waals surface area (Å²) in [5.41, 5.74) is 2.98. The molecule has 0 bridgehead atoms. The van der Waals surface area contributed by atoms with Crippen LogP contribution in [-0.4, -0.2) is 31.7 Å². The molecule has 4 heteroatoms. The van der Waals surface area contributed by atoms with Crippen molar-refractivity contribution >= 4 is 12.4 Å². The van der Waals surface area contributed by atoms with E-state index in [4.69, 9.17) is 9.47 Å². The lowest BCUT2D eigenvalue weighted by Gasteiger charge is -2.38. The second kappa shape index (κ2) is 7.04. The van der Waals surface area contributed by atoms with Crippen LogP contribution in [0.1, 0.15) is 24.0 Å². The van der Waals surface area contributed by atoms with E-state index in [0.29, 0.717) is 0 Å². The van der Waals surface area contributed by atoms with Crippen molar-refractivity contribution in [1.82, 2.24) is 4.90 Å². The molecular formula is C20H24ClNO2. The standard InChI is InChI=1S/C20H23NO2.ClH/c1-22-17-7-8-18-19(13-17)23-15-20(18)9-11-21(12-10-20)14-16-5-3-2-4-6-16;/h2-8,13H,9-12,14-15H2,1H3;1H. The van der Waals surface area contributed by atoms with Crippen molar-refractivity contribution in [3.63, 3.8) is 0 Å². The van der Waals surface area contributed by atoms with E-state index >= 15 is 0 Å². The number of methoxy groups -OCH3 is 1. The molecule has 2 aromatic carbocycles. The molecule has 0 N–H and O–H groups in total. The Kier molecular flexibility index (Phi) is 5.02. The molecule has 1 fully saturated rings. The molecule has 2 heterocycles. The van der Waals surface area contributed by atoms with Gasteiger partial charge in [-0.05, 0) is 37.6 Å². The normalized spacial score (nSPS) is 18.5. The summed E-state index contributed by atoms with van der Waals surface area (Å²) in [4.78, 5) is 2.56. The Balaban J connectivity index is 0.00000169. The first-order valence-corrected chi connectivity index (χ1v) is 8.37. The fourth-order valence-electron chi connectivity index (χ4n) is 3.88. The molecule has 1 saturated heterocycles. The topological polar surface area (TPSA) is 21.7 Å². The lowest BCUT2D eigenvalue weighted by Crippen LogP contribution is -2.43. The first-order valence-electron chi connectivity index (χ1n) is 8.37. The number of hydrogen-bond donors (Lipinski definition) is 0. The molecule has 128 valence electrons. The van der Waals surface area contributed by atoms with E-state index in [9.17, 15) is 0 Å². The number of piperidine rings is 1. The Morgan fingerprint density at radius 3 is 2.54 bits per heavy atom. The molecule has 3 nitrogen and oxygen atoms in total. The van der Waals surface area contributed by atoms with Crippen LogP contribution in [-0.2, 0) is 12.0 Å². The average Bonchev–Trinajstić information content (AvgIpc) is 2.96. The van der Waals surface area contributed by atoms with Crippen LogP contribution >= 0.6 is 12.4 Å². The first kappa shape index (κ1) is 17.1. The number of hydrogen-bond acceptors (Lipinski definition) is 3. The van der Waals surface area contributed by atoms with Gasteiger partial charge in [0, 0.05) is 23.6 Å². The molecule has 0 radical (unpaired) electrons. The van der Waals surface area contributed by atoms with Gasteiger partial charge < -0.3 is 9.47 Å². The summed E-state index contributed by atoms with van der Waals surface area (Å²) >= 11 is 0. The largest absolute Gasteiger partial charge is 0.497 e. The summed E-state index contributed by atoms with van der Waals surface area (Å²) in [7, 11) is 1.70. The van der Waals surface area contributed by atoms with Gasteiger partial charge in [0.25, 0.3) is 0 Å². The molecule has 24 heavy (non-hydrogen) atoms. The minimum absolute atomic E-state index is 0. The van der Waals surface area contributed by atoms with Gasteiger partial charge in [0.15, 0.2) is 0 Å². The summed E-state index contributed by atoms with van der Waals surface area (Å²) in [6.45, 7) is 4.12. The van der Waals surface area contributed by atoms with Gasteiger partial charge in [-0.1, -0.05) is 36.4 Å². The molecule has 0 saturated carbocycles. The van der Waals surface area contributed by atoms with Gasteiger partial charge in [-0.3, -0.25) is 4.90 Å². The molecular weight excluding hydrogens is 322 g/mol. The maximum atomic E-state index is 5.99. The fourth-order valence-corrected chi connectivity index (χ4v) is 3.88. The lowest BCUT2D eigenvalue weighted by atomic mass is 9.74. The van der Waals surface area contributed by atoms with Crippen LogP contribution in [0.5, 0.6) is 11.5 Å². The van der Waals surface area contributed by atoms with Crippen molar-refractivity contribution in [2.75, 3.05) is 26.8 Å². The number of ether oxygens (including phenoxy) is 2. The monoisotopic (exact) mass is 345 g/mol. The Morgan fingerprint density at radius 1 is 1.08 bits per heavy atom. The second-order valence-electron chi connectivity index (χ2n) is 6.69. The highest BCUT2D eigenvalue weighted by molar-refractivity contribution is 5.85. The third-order valence-corrected chi connectivity index (χ3v) is 5.33. The Hall–Kier alpha value is -1.71. The van der Waals surface area contributed by atoms with Gasteiger partial charge in [0.05, 0.1) is 13.7 Å². The summed E-state index contributed by atoms with van der Waals surface area (Å²) < 4.78 is 11.3. The zero-order valence-electron chi connectivity index (χ0n) is 14.0. The molecule has 0 amide bonds. The summed E-state index contributed by atoms with van der Waals surface area (Å²) in [5.74, 6) is 1.89. The van der Waals surface area contributed by atoms with E-state index < -0.39 is 0 Å². The molecule has 1 spiro atoms. The molecule has 4 rings (SSSR count). The van der Waals surface area contributed by atoms with Crippen LogP contribution in [0.3, 0.4) is 0 Å². The van der Waals surface area contributed by atoms with E-state index in [1.807, 2.05) is 6.07 Å². The van der Waals surface area contributed by atoms with Crippen molar-refractivity contribution < 1.29 is 9.47 Å². The van der Waals surface area contributed by atoms with Gasteiger partial charge >= 0.3 is 0 Å². The second-order valence-corrected chi connectivity index (χ2v) is 6.69. The summed E-state index contributed by atoms with van der Waals surface area (Å²) in [6, 6.07) is 17.0. The van der Waals surface area contributed by atoms with Crippen LogP contribution in [0.25, 0.3) is 0 Å². The molecule has 0 atom stereocenters. The van der Waals surface area contributed by atoms with Crippen molar-refractivity contribution in [2.45, 2.75) is 24.8 Å². The number of likely N-dealkylation sites (tertiary alicyclic amines) is 1. The van der Waals surface area contributed by atoms with Crippen LogP contribution in [0, 0.1) is 0 Å². The van der Waals surface area contributed by atoms with Crippen molar-refractivity contribution in [3.05, 3.63) is 59.7 Å². The predicted octanol–water partition coefficient (Wildman–Crippen LogP) is 4.04. The SMILES string of the molecule is COc1ccc2c(c1)OCC21CCN(Cc2ccccc2)CC1.Cl. The average molecular weight is 346 g/mol. The number of benzene rings is 2. The van der Waals surface area contributed by atoms with Gasteiger partial charge in [-0.2, -0.15) is 0 Å². The van der Waals surface area contributed by atoms with E-state index in [1.165, 1.54) is 24.0 Å². The van der Waals surface area contributed by atoms with E-state index in [2.05, 4.69) is 47.4 Å². The predicted molar refractivity (Wildman–Crippen MR) is 98.4 cm³/mol. The van der Waals surface area contributed by atoms with E-state index in [1.54, 1.807) is 7.11 Å². The molecule has 2 aliphatic heterocycles. The van der Waals surface area contributed by atoms with Gasteiger partial charge in [0.2, 0.25) is 0 Å². The zero-order chi connectivity index (χ0) is 15.7. The number of halogens is 1. The Bertz CT molecular complexity index is 681. The third kappa shape index (κ3) is 3.11.